The van der Waals surface area contributed by atoms with Gasteiger partial charge in [-0.15, -0.1) is 0 Å². The van der Waals surface area contributed by atoms with Gasteiger partial charge in [0.25, 0.3) is 5.91 Å². The molecule has 4 rings (SSSR count). The Bertz CT molecular complexity index is 1100. The van der Waals surface area contributed by atoms with Gasteiger partial charge < -0.3 is 25.0 Å². The smallest absolute Gasteiger partial charge is 0.327 e. The number of rotatable bonds is 5. The van der Waals surface area contributed by atoms with Gasteiger partial charge in [0.1, 0.15) is 5.75 Å². The Morgan fingerprint density at radius 1 is 1.22 bits per heavy atom. The lowest BCUT2D eigenvalue weighted by Gasteiger charge is -2.36. The van der Waals surface area contributed by atoms with E-state index < -0.39 is 0 Å². The molecule has 1 saturated heterocycles. The van der Waals surface area contributed by atoms with Gasteiger partial charge in [-0.05, 0) is 38.1 Å². The summed E-state index contributed by atoms with van der Waals surface area (Å²) >= 11 is 1.29. The maximum atomic E-state index is 12.1. The second kappa shape index (κ2) is 9.05. The number of aromatic nitrogens is 4. The maximum absolute atomic E-state index is 12.1. The molecule has 32 heavy (non-hydrogen) atoms. The van der Waals surface area contributed by atoms with Crippen molar-refractivity contribution in [2.75, 3.05) is 37.9 Å². The normalized spacial score (nSPS) is 18.4. The zero-order valence-electron chi connectivity index (χ0n) is 18.3. The van der Waals surface area contributed by atoms with Crippen LogP contribution in [0.2, 0.25) is 0 Å². The molecule has 2 atom stereocenters. The summed E-state index contributed by atoms with van der Waals surface area (Å²) in [4.78, 5) is 34.2. The quantitative estimate of drug-likeness (QED) is 0.619. The molecule has 0 saturated carbocycles. The number of nitrogens with two attached hydrogens (primary N) is 1. The number of amides is 1. The first-order chi connectivity index (χ1) is 15.3. The van der Waals surface area contributed by atoms with E-state index in [1.807, 2.05) is 6.92 Å². The Balaban J connectivity index is 1.67. The molecule has 3 aromatic rings. The third-order valence-electron chi connectivity index (χ3n) is 4.93. The molecule has 11 heteroatoms. The molecular weight excluding hydrogens is 430 g/mol. The van der Waals surface area contributed by atoms with Crippen molar-refractivity contribution in [2.45, 2.75) is 26.0 Å². The number of hydrogen-bond acceptors (Lipinski definition) is 10. The van der Waals surface area contributed by atoms with Crippen LogP contribution in [0, 0.1) is 0 Å². The van der Waals surface area contributed by atoms with Crippen LogP contribution in [0.5, 0.6) is 11.8 Å². The summed E-state index contributed by atoms with van der Waals surface area (Å²) in [6.45, 7) is 5.30. The minimum absolute atomic E-state index is 0.0524. The number of carbonyl (C=O) groups is 1. The minimum Gasteiger partial charge on any atom is -0.424 e. The molecule has 1 unspecified atom stereocenters. The maximum Gasteiger partial charge on any atom is 0.327 e. The van der Waals surface area contributed by atoms with Crippen LogP contribution in [-0.2, 0) is 4.74 Å². The van der Waals surface area contributed by atoms with E-state index in [-0.39, 0.29) is 24.1 Å². The van der Waals surface area contributed by atoms with Crippen LogP contribution in [-0.4, -0.2) is 70.1 Å². The average Bonchev–Trinajstić information content (AvgIpc) is 3.21. The van der Waals surface area contributed by atoms with Crippen molar-refractivity contribution < 1.29 is 14.3 Å². The van der Waals surface area contributed by atoms with E-state index in [0.717, 1.165) is 4.88 Å². The monoisotopic (exact) mass is 455 g/mol. The summed E-state index contributed by atoms with van der Waals surface area (Å²) < 4.78 is 11.7. The van der Waals surface area contributed by atoms with Crippen molar-refractivity contribution in [3.63, 3.8) is 0 Å². The molecule has 0 bridgehead atoms. The molecular formula is C21H25N7O3S. The predicted octanol–water partition coefficient (Wildman–Crippen LogP) is 2.69. The Kier molecular flexibility index (Phi) is 6.19. The van der Waals surface area contributed by atoms with Gasteiger partial charge in [0.2, 0.25) is 5.95 Å². The van der Waals surface area contributed by atoms with Crippen molar-refractivity contribution >= 4 is 28.3 Å². The zero-order valence-corrected chi connectivity index (χ0v) is 19.2. The minimum atomic E-state index is -0.0838. The number of benzene rings is 1. The lowest BCUT2D eigenvalue weighted by atomic mass is 10.2. The van der Waals surface area contributed by atoms with Gasteiger partial charge in [0.15, 0.2) is 11.0 Å². The second-order valence-electron chi connectivity index (χ2n) is 7.78. The van der Waals surface area contributed by atoms with Gasteiger partial charge >= 0.3 is 6.01 Å². The van der Waals surface area contributed by atoms with Gasteiger partial charge in [-0.3, -0.25) is 4.79 Å². The van der Waals surface area contributed by atoms with Crippen LogP contribution in [0.3, 0.4) is 0 Å². The number of hydrogen-bond donors (Lipinski definition) is 1. The Morgan fingerprint density at radius 3 is 2.62 bits per heavy atom. The van der Waals surface area contributed by atoms with E-state index in [2.05, 4.69) is 31.8 Å². The van der Waals surface area contributed by atoms with E-state index in [9.17, 15) is 4.79 Å². The van der Waals surface area contributed by atoms with Crippen molar-refractivity contribution in [2.24, 2.45) is 0 Å². The summed E-state index contributed by atoms with van der Waals surface area (Å²) in [6.07, 6.45) is 1.69. The van der Waals surface area contributed by atoms with Crippen molar-refractivity contribution in [3.8, 4) is 22.5 Å². The first-order valence-corrected chi connectivity index (χ1v) is 11.0. The lowest BCUT2D eigenvalue weighted by Crippen LogP contribution is -2.48. The highest BCUT2D eigenvalue weighted by molar-refractivity contribution is 7.18. The molecule has 0 radical (unpaired) electrons. The molecule has 3 heterocycles. The largest absolute Gasteiger partial charge is 0.424 e. The fraction of sp³-hybridized carbons (Fsp3) is 0.381. The second-order valence-corrected chi connectivity index (χ2v) is 8.84. The fourth-order valence-electron chi connectivity index (χ4n) is 3.23. The number of thiazole rings is 1. The van der Waals surface area contributed by atoms with Crippen LogP contribution in [0.25, 0.3) is 10.7 Å². The van der Waals surface area contributed by atoms with Gasteiger partial charge in [-0.25, -0.2) is 4.98 Å². The van der Waals surface area contributed by atoms with Gasteiger partial charge in [-0.1, -0.05) is 11.3 Å². The molecule has 1 fully saturated rings. The van der Waals surface area contributed by atoms with Crippen molar-refractivity contribution in [3.05, 3.63) is 36.0 Å². The third-order valence-corrected chi connectivity index (χ3v) is 5.75. The zero-order chi connectivity index (χ0) is 22.8. The number of nitrogens with zero attached hydrogens (tertiary/aromatic N) is 6. The highest BCUT2D eigenvalue weighted by atomic mass is 32.1. The molecule has 1 amide bonds. The van der Waals surface area contributed by atoms with E-state index in [4.69, 9.17) is 15.2 Å². The first kappa shape index (κ1) is 21.9. The third kappa shape index (κ3) is 4.78. The molecule has 10 nitrogen and oxygen atoms in total. The van der Waals surface area contributed by atoms with Crippen LogP contribution < -0.4 is 15.4 Å². The summed E-state index contributed by atoms with van der Waals surface area (Å²) in [5.41, 5.74) is 6.37. The number of morpholine rings is 1. The molecule has 0 spiro atoms. The highest BCUT2D eigenvalue weighted by Gasteiger charge is 2.27. The van der Waals surface area contributed by atoms with Crippen LogP contribution in [0.4, 0.5) is 11.1 Å². The van der Waals surface area contributed by atoms with Crippen LogP contribution in [0.1, 0.15) is 24.2 Å². The molecule has 2 aromatic heterocycles. The van der Waals surface area contributed by atoms with Crippen molar-refractivity contribution in [1.29, 1.82) is 0 Å². The van der Waals surface area contributed by atoms with Crippen LogP contribution in [0.15, 0.2) is 30.5 Å². The van der Waals surface area contributed by atoms with E-state index in [0.29, 0.717) is 41.4 Å². The van der Waals surface area contributed by atoms with Crippen molar-refractivity contribution in [1.82, 2.24) is 24.8 Å². The summed E-state index contributed by atoms with van der Waals surface area (Å²) in [5, 5.41) is 0.430. The Morgan fingerprint density at radius 2 is 1.97 bits per heavy atom. The molecule has 1 aliphatic heterocycles. The average molecular weight is 456 g/mol. The molecule has 168 valence electrons. The first-order valence-electron chi connectivity index (χ1n) is 10.2. The van der Waals surface area contributed by atoms with E-state index in [1.54, 1.807) is 44.6 Å². The Labute approximate surface area is 190 Å². The fourth-order valence-corrected chi connectivity index (χ4v) is 3.85. The summed E-state index contributed by atoms with van der Waals surface area (Å²) in [7, 11) is 3.42. The number of ether oxygens (including phenoxy) is 2. The standard InChI is InChI=1S/C21H25N7O3S/c1-12-11-30-13(2)10-28(12)20-24-17(16-9-23-19(22)32-16)25-21(26-20)31-15-7-5-14(6-8-15)18(29)27(3)4/h5-9,12-13H,10-11H2,1-4H3,(H2,22,23)/t12-,13?/m0/s1. The topological polar surface area (TPSA) is 120 Å². The molecule has 1 aliphatic rings. The van der Waals surface area contributed by atoms with E-state index in [1.165, 1.54) is 16.2 Å². The van der Waals surface area contributed by atoms with Gasteiger partial charge in [0, 0.05) is 26.2 Å². The molecule has 0 aliphatic carbocycles. The van der Waals surface area contributed by atoms with Crippen LogP contribution >= 0.6 is 11.3 Å². The van der Waals surface area contributed by atoms with Gasteiger partial charge in [-0.2, -0.15) is 15.0 Å². The predicted molar refractivity (Wildman–Crippen MR) is 122 cm³/mol. The molecule has 2 N–H and O–H groups in total. The van der Waals surface area contributed by atoms with E-state index >= 15 is 0 Å². The lowest BCUT2D eigenvalue weighted by molar-refractivity contribution is 0.0336. The summed E-state index contributed by atoms with van der Waals surface area (Å²) in [5.74, 6) is 1.36. The number of carbonyl (C=O) groups excluding carboxylic acids is 1. The highest BCUT2D eigenvalue weighted by Crippen LogP contribution is 2.29. The number of anilines is 2. The Hall–Kier alpha value is -3.31. The number of nitrogen functional groups attached to an aromatic ring is 1. The summed E-state index contributed by atoms with van der Waals surface area (Å²) in [6, 6.07) is 7.08. The molecule has 1 aromatic carbocycles. The SMILES string of the molecule is CC1CN(c2nc(Oc3ccc(C(=O)N(C)C)cc3)nc(-c3cnc(N)s3)n2)[C@@H](C)CO1. The van der Waals surface area contributed by atoms with Gasteiger partial charge in [0.05, 0.1) is 29.8 Å².